The van der Waals surface area contributed by atoms with Crippen LogP contribution in [0.1, 0.15) is 30.0 Å². The van der Waals surface area contributed by atoms with Crippen LogP contribution in [0.3, 0.4) is 0 Å². The Morgan fingerprint density at radius 3 is 3.00 bits per heavy atom. The lowest BCUT2D eigenvalue weighted by Gasteiger charge is -2.24. The first-order valence-corrected chi connectivity index (χ1v) is 5.75. The molecule has 0 saturated carbocycles. The predicted octanol–water partition coefficient (Wildman–Crippen LogP) is 1.48. The highest BCUT2D eigenvalue weighted by Crippen LogP contribution is 2.34. The minimum absolute atomic E-state index is 0.224. The second-order valence-electron chi connectivity index (χ2n) is 4.45. The normalized spacial score (nSPS) is 18.8. The van der Waals surface area contributed by atoms with E-state index in [1.165, 1.54) is 11.1 Å². The van der Waals surface area contributed by atoms with Crippen molar-refractivity contribution >= 4 is 5.91 Å². The number of fused-ring (bicyclic) bond motifs is 1. The van der Waals surface area contributed by atoms with Crippen molar-refractivity contribution in [3.05, 3.63) is 35.4 Å². The Balaban J connectivity index is 2.04. The summed E-state index contributed by atoms with van der Waals surface area (Å²) in [7, 11) is 2.07. The van der Waals surface area contributed by atoms with Gasteiger partial charge in [-0.05, 0) is 31.0 Å². The molecule has 1 unspecified atom stereocenters. The SMILES string of the molecule is CN(CCC(N)=O)C1CCc2ccccc21. The highest BCUT2D eigenvalue weighted by Gasteiger charge is 2.25. The molecule has 1 aromatic carbocycles. The van der Waals surface area contributed by atoms with Gasteiger partial charge in [-0.3, -0.25) is 9.69 Å². The summed E-state index contributed by atoms with van der Waals surface area (Å²) in [5.41, 5.74) is 8.02. The standard InChI is InChI=1S/C13H18N2O/c1-15(9-8-13(14)16)12-7-6-10-4-2-3-5-11(10)12/h2-5,12H,6-9H2,1H3,(H2,14,16). The van der Waals surface area contributed by atoms with Gasteiger partial charge in [0, 0.05) is 19.0 Å². The summed E-state index contributed by atoms with van der Waals surface area (Å²) >= 11 is 0. The molecule has 0 heterocycles. The zero-order valence-corrected chi connectivity index (χ0v) is 9.65. The Kier molecular flexibility index (Phi) is 3.25. The number of rotatable bonds is 4. The minimum Gasteiger partial charge on any atom is -0.370 e. The second-order valence-corrected chi connectivity index (χ2v) is 4.45. The van der Waals surface area contributed by atoms with Crippen LogP contribution in [0.25, 0.3) is 0 Å². The molecular weight excluding hydrogens is 200 g/mol. The highest BCUT2D eigenvalue weighted by molar-refractivity contribution is 5.73. The second kappa shape index (κ2) is 4.66. The Labute approximate surface area is 96.2 Å². The van der Waals surface area contributed by atoms with Gasteiger partial charge in [0.2, 0.25) is 5.91 Å². The van der Waals surface area contributed by atoms with Crippen molar-refractivity contribution in [2.45, 2.75) is 25.3 Å². The summed E-state index contributed by atoms with van der Waals surface area (Å²) in [5.74, 6) is -0.224. The molecule has 0 spiro atoms. The van der Waals surface area contributed by atoms with Gasteiger partial charge in [-0.15, -0.1) is 0 Å². The van der Waals surface area contributed by atoms with E-state index in [0.717, 1.165) is 19.4 Å². The molecule has 16 heavy (non-hydrogen) atoms. The molecular formula is C13H18N2O. The predicted molar refractivity (Wildman–Crippen MR) is 63.9 cm³/mol. The smallest absolute Gasteiger partial charge is 0.218 e. The molecule has 1 aliphatic carbocycles. The number of hydrogen-bond acceptors (Lipinski definition) is 2. The van der Waals surface area contributed by atoms with E-state index in [4.69, 9.17) is 5.73 Å². The van der Waals surface area contributed by atoms with E-state index in [1.54, 1.807) is 0 Å². The molecule has 0 aromatic heterocycles. The Morgan fingerprint density at radius 2 is 2.25 bits per heavy atom. The van der Waals surface area contributed by atoms with Gasteiger partial charge in [-0.2, -0.15) is 0 Å². The van der Waals surface area contributed by atoms with Crippen molar-refractivity contribution in [2.75, 3.05) is 13.6 Å². The van der Waals surface area contributed by atoms with E-state index in [1.807, 2.05) is 0 Å². The zero-order valence-electron chi connectivity index (χ0n) is 9.65. The van der Waals surface area contributed by atoms with Gasteiger partial charge in [-0.25, -0.2) is 0 Å². The van der Waals surface area contributed by atoms with Gasteiger partial charge in [0.25, 0.3) is 0 Å². The molecule has 0 fully saturated rings. The summed E-state index contributed by atoms with van der Waals surface area (Å²) < 4.78 is 0. The summed E-state index contributed by atoms with van der Waals surface area (Å²) in [6, 6.07) is 9.00. The van der Waals surface area contributed by atoms with E-state index in [9.17, 15) is 4.79 Å². The van der Waals surface area contributed by atoms with Gasteiger partial charge in [0.15, 0.2) is 0 Å². The van der Waals surface area contributed by atoms with Crippen LogP contribution in [-0.2, 0) is 11.2 Å². The summed E-state index contributed by atoms with van der Waals surface area (Å²) in [5, 5.41) is 0. The fourth-order valence-corrected chi connectivity index (χ4v) is 2.43. The van der Waals surface area contributed by atoms with Crippen molar-refractivity contribution in [1.82, 2.24) is 4.90 Å². The van der Waals surface area contributed by atoms with E-state index in [-0.39, 0.29) is 5.91 Å². The topological polar surface area (TPSA) is 46.3 Å². The van der Waals surface area contributed by atoms with Crippen molar-refractivity contribution in [2.24, 2.45) is 5.73 Å². The molecule has 1 amide bonds. The van der Waals surface area contributed by atoms with Crippen molar-refractivity contribution in [3.63, 3.8) is 0 Å². The molecule has 0 radical (unpaired) electrons. The van der Waals surface area contributed by atoms with Crippen LogP contribution in [0.15, 0.2) is 24.3 Å². The molecule has 0 bridgehead atoms. The van der Waals surface area contributed by atoms with E-state index in [0.29, 0.717) is 12.5 Å². The third-order valence-corrected chi connectivity index (χ3v) is 3.34. The number of hydrogen-bond donors (Lipinski definition) is 1. The average molecular weight is 218 g/mol. The summed E-state index contributed by atoms with van der Waals surface area (Å²) in [4.78, 5) is 13.0. The first kappa shape index (κ1) is 11.1. The van der Waals surface area contributed by atoms with E-state index in [2.05, 4.69) is 36.2 Å². The third kappa shape index (κ3) is 2.25. The lowest BCUT2D eigenvalue weighted by Crippen LogP contribution is -2.27. The maximum Gasteiger partial charge on any atom is 0.218 e. The van der Waals surface area contributed by atoms with Gasteiger partial charge in [-0.1, -0.05) is 24.3 Å². The van der Waals surface area contributed by atoms with Gasteiger partial charge in [0.1, 0.15) is 0 Å². The Hall–Kier alpha value is -1.35. The van der Waals surface area contributed by atoms with Crippen LogP contribution >= 0.6 is 0 Å². The molecule has 1 atom stereocenters. The molecule has 0 aliphatic heterocycles. The number of primary amides is 1. The highest BCUT2D eigenvalue weighted by atomic mass is 16.1. The van der Waals surface area contributed by atoms with Crippen LogP contribution in [0.5, 0.6) is 0 Å². The molecule has 3 heteroatoms. The van der Waals surface area contributed by atoms with Crippen LogP contribution < -0.4 is 5.73 Å². The van der Waals surface area contributed by atoms with Crippen LogP contribution in [0, 0.1) is 0 Å². The van der Waals surface area contributed by atoms with Crippen LogP contribution in [0.2, 0.25) is 0 Å². The number of nitrogens with two attached hydrogens (primary N) is 1. The fraction of sp³-hybridized carbons (Fsp3) is 0.462. The largest absolute Gasteiger partial charge is 0.370 e. The maximum atomic E-state index is 10.8. The number of carbonyl (C=O) groups excluding carboxylic acids is 1. The molecule has 0 saturated heterocycles. The molecule has 2 N–H and O–H groups in total. The van der Waals surface area contributed by atoms with Crippen molar-refractivity contribution in [1.29, 1.82) is 0 Å². The number of amides is 1. The van der Waals surface area contributed by atoms with Crippen LogP contribution in [0.4, 0.5) is 0 Å². The third-order valence-electron chi connectivity index (χ3n) is 3.34. The number of benzene rings is 1. The number of nitrogens with zero attached hydrogens (tertiary/aromatic N) is 1. The number of carbonyl (C=O) groups is 1. The molecule has 2 rings (SSSR count). The monoisotopic (exact) mass is 218 g/mol. The molecule has 3 nitrogen and oxygen atoms in total. The Morgan fingerprint density at radius 1 is 1.50 bits per heavy atom. The van der Waals surface area contributed by atoms with Crippen LogP contribution in [-0.4, -0.2) is 24.4 Å². The summed E-state index contributed by atoms with van der Waals surface area (Å²) in [6.45, 7) is 0.744. The molecule has 1 aliphatic rings. The van der Waals surface area contributed by atoms with E-state index >= 15 is 0 Å². The zero-order chi connectivity index (χ0) is 11.5. The fourth-order valence-electron chi connectivity index (χ4n) is 2.43. The van der Waals surface area contributed by atoms with Gasteiger partial charge in [0.05, 0.1) is 0 Å². The molecule has 86 valence electrons. The summed E-state index contributed by atoms with van der Waals surface area (Å²) in [6.07, 6.45) is 2.73. The van der Waals surface area contributed by atoms with Crippen molar-refractivity contribution < 1.29 is 4.79 Å². The van der Waals surface area contributed by atoms with E-state index < -0.39 is 0 Å². The lowest BCUT2D eigenvalue weighted by molar-refractivity contribution is -0.118. The first-order chi connectivity index (χ1) is 7.68. The van der Waals surface area contributed by atoms with Gasteiger partial charge >= 0.3 is 0 Å². The van der Waals surface area contributed by atoms with Crippen molar-refractivity contribution in [3.8, 4) is 0 Å². The minimum atomic E-state index is -0.224. The molecule has 1 aromatic rings. The average Bonchev–Trinajstić information content (AvgIpc) is 2.69. The first-order valence-electron chi connectivity index (χ1n) is 5.75. The lowest BCUT2D eigenvalue weighted by atomic mass is 10.1. The quantitative estimate of drug-likeness (QED) is 0.832. The Bertz CT molecular complexity index is 389. The number of aryl methyl sites for hydroxylation is 1. The van der Waals surface area contributed by atoms with Gasteiger partial charge < -0.3 is 5.73 Å². The maximum absolute atomic E-state index is 10.8.